The maximum atomic E-state index is 12.2. The first-order chi connectivity index (χ1) is 24.1. The van der Waals surface area contributed by atoms with Gasteiger partial charge >= 0.3 is 0 Å². The number of aromatic nitrogens is 2. The number of carbonyl (C=O) groups excluding carboxylic acids is 1. The summed E-state index contributed by atoms with van der Waals surface area (Å²) in [5.74, 6) is 0.286. The smallest absolute Gasteiger partial charge is 0.164 e. The third-order valence-corrected chi connectivity index (χ3v) is 13.4. The zero-order valence-corrected chi connectivity index (χ0v) is 36.6. The Hall–Kier alpha value is -3.05. The van der Waals surface area contributed by atoms with Crippen molar-refractivity contribution in [2.24, 2.45) is 16.2 Å². The van der Waals surface area contributed by atoms with E-state index in [1.807, 2.05) is 41.5 Å². The van der Waals surface area contributed by atoms with Crippen LogP contribution < -0.4 is 5.19 Å². The molecule has 0 aliphatic carbocycles. The van der Waals surface area contributed by atoms with Gasteiger partial charge in [-0.3, -0.25) is 4.79 Å². The van der Waals surface area contributed by atoms with Gasteiger partial charge in [0.05, 0.1) is 10.8 Å². The third kappa shape index (κ3) is 7.70. The van der Waals surface area contributed by atoms with Crippen molar-refractivity contribution in [1.29, 1.82) is 0 Å². The quantitative estimate of drug-likeness (QED) is 0.0393. The number of nitrogens with zero attached hydrogens (tertiary/aromatic N) is 2. The fourth-order valence-corrected chi connectivity index (χ4v) is 8.20. The molecular formula is C45H59IrN2O2Si-. The van der Waals surface area contributed by atoms with E-state index < -0.39 is 8.07 Å². The van der Waals surface area contributed by atoms with Crippen LogP contribution in [0.25, 0.3) is 49.0 Å². The second-order valence-electron chi connectivity index (χ2n) is 17.3. The number of allylic oxidation sites excluding steroid dienone is 2. The van der Waals surface area contributed by atoms with Gasteiger partial charge in [0.15, 0.2) is 5.78 Å². The molecule has 0 saturated heterocycles. The Bertz CT molecular complexity index is 2340. The third-order valence-electron chi connectivity index (χ3n) is 11.4. The number of fused-ring (bicyclic) bond motifs is 5. The predicted octanol–water partition coefficient (Wildman–Crippen LogP) is 12.3. The molecule has 6 aromatic rings. The van der Waals surface area contributed by atoms with Gasteiger partial charge in [0, 0.05) is 54.2 Å². The molecule has 1 radical (unpaired) electrons. The zero-order valence-electron chi connectivity index (χ0n) is 35.2. The van der Waals surface area contributed by atoms with Gasteiger partial charge in [-0.25, -0.2) is 0 Å². The van der Waals surface area contributed by atoms with Crippen LogP contribution in [0.1, 0.15) is 102 Å². The van der Waals surface area contributed by atoms with Gasteiger partial charge in [-0.2, -0.15) is 0 Å². The van der Waals surface area contributed by atoms with E-state index in [1.165, 1.54) is 33.1 Å². The van der Waals surface area contributed by atoms with Gasteiger partial charge < -0.3 is 14.5 Å². The standard InChI is InChI=1S/C30H31N2Si.C15H28O2.Ir/c1-18-12-23-22-14-19(17-30(2,3)4)8-9-25(22)32-26-16-21(33(5,6)7)15-20-10-11-31-28(27(20)26)24(13-18)29(23)32;1-7-14(5,8-2)12(16)11-13(17)15(6,9-3)10-4;/h8-12,14-16H,17H2,1-7H3;11,16H,7-10H2,1-6H3;/q-1;;/b;12-11-;/i10D,11D;;. The Morgan fingerprint density at radius 3 is 2.12 bits per heavy atom. The van der Waals surface area contributed by atoms with E-state index in [0.717, 1.165) is 70.4 Å². The molecule has 3 aromatic carbocycles. The Kier molecular flexibility index (Phi) is 10.9. The minimum absolute atomic E-state index is 0. The minimum Gasteiger partial charge on any atom is -0.512 e. The van der Waals surface area contributed by atoms with Crippen molar-refractivity contribution in [1.82, 2.24) is 9.38 Å². The summed E-state index contributed by atoms with van der Waals surface area (Å²) in [4.78, 5) is 16.9. The molecule has 6 heteroatoms. The molecule has 51 heavy (non-hydrogen) atoms. The first-order valence-corrected chi connectivity index (χ1v) is 22.0. The van der Waals surface area contributed by atoms with Gasteiger partial charge in [-0.15, -0.1) is 17.7 Å². The summed E-state index contributed by atoms with van der Waals surface area (Å²) < 4.78 is 19.6. The SMILES string of the molecule is CCC(C)(CC)C(=O)/C=C(\O)C(C)(CC)CC.[2H]c1nc2c3[c-]c(C)cc4c5cc(CC(C)(C)C)ccc5n(c5cc([Si](C)(C)C)cc(c1[2H])c25)c34.[Ir]. The normalized spacial score (nSPS) is 13.9. The fraction of sp³-hybridized carbons (Fsp3) is 0.467. The van der Waals surface area contributed by atoms with Crippen LogP contribution in [-0.4, -0.2) is 28.3 Å². The second kappa shape index (κ2) is 14.8. The number of hydrogen-bond donors (Lipinski definition) is 1. The van der Waals surface area contributed by atoms with E-state index >= 15 is 0 Å². The van der Waals surface area contributed by atoms with Crippen LogP contribution in [0.3, 0.4) is 0 Å². The van der Waals surface area contributed by atoms with Crippen LogP contribution in [0.5, 0.6) is 0 Å². The van der Waals surface area contributed by atoms with Crippen molar-refractivity contribution < 1.29 is 32.7 Å². The van der Waals surface area contributed by atoms with E-state index in [1.54, 1.807) is 0 Å². The summed E-state index contributed by atoms with van der Waals surface area (Å²) in [6, 6.07) is 17.4. The van der Waals surface area contributed by atoms with Crippen LogP contribution in [0.15, 0.2) is 60.4 Å². The van der Waals surface area contributed by atoms with Crippen molar-refractivity contribution in [3.05, 3.63) is 77.6 Å². The van der Waals surface area contributed by atoms with Crippen LogP contribution >= 0.6 is 0 Å². The number of aliphatic hydroxyl groups excluding tert-OH is 1. The second-order valence-corrected chi connectivity index (χ2v) is 22.4. The topological polar surface area (TPSA) is 54.6 Å². The van der Waals surface area contributed by atoms with Crippen LogP contribution in [-0.2, 0) is 31.3 Å². The molecule has 0 bridgehead atoms. The van der Waals surface area contributed by atoms with Crippen molar-refractivity contribution in [3.63, 3.8) is 0 Å². The van der Waals surface area contributed by atoms with E-state index in [4.69, 9.17) is 2.74 Å². The van der Waals surface area contributed by atoms with Gasteiger partial charge in [-0.05, 0) is 88.4 Å². The summed E-state index contributed by atoms with van der Waals surface area (Å²) in [6.07, 6.45) is 5.80. The number of aryl methyl sites for hydroxylation is 1. The van der Waals surface area contributed by atoms with Crippen LogP contribution in [0, 0.1) is 29.2 Å². The molecule has 0 saturated carbocycles. The predicted molar refractivity (Wildman–Crippen MR) is 219 cm³/mol. The number of ketones is 1. The molecule has 0 unspecified atom stereocenters. The van der Waals surface area contributed by atoms with Crippen molar-refractivity contribution in [2.45, 2.75) is 121 Å². The summed E-state index contributed by atoms with van der Waals surface area (Å²) in [5, 5.41) is 16.6. The molecule has 6 rings (SSSR count). The number of rotatable bonds is 9. The van der Waals surface area contributed by atoms with Gasteiger partial charge in [0.2, 0.25) is 0 Å². The Morgan fingerprint density at radius 2 is 1.55 bits per heavy atom. The number of carbonyl (C=O) groups is 1. The molecular weight excluding hydrogens is 821 g/mol. The minimum atomic E-state index is -1.68. The maximum Gasteiger partial charge on any atom is 0.164 e. The average molecular weight is 882 g/mol. The molecule has 1 N–H and O–H groups in total. The molecule has 4 nitrogen and oxygen atoms in total. The number of pyridine rings is 2. The van der Waals surface area contributed by atoms with E-state index in [-0.39, 0.29) is 60.1 Å². The molecule has 0 aliphatic rings. The Morgan fingerprint density at radius 1 is 0.922 bits per heavy atom. The van der Waals surface area contributed by atoms with Crippen molar-refractivity contribution >= 4 is 68.0 Å². The van der Waals surface area contributed by atoms with Gasteiger partial charge in [-0.1, -0.05) is 123 Å². The first-order valence-electron chi connectivity index (χ1n) is 19.5. The van der Waals surface area contributed by atoms with Crippen LogP contribution in [0.4, 0.5) is 0 Å². The maximum absolute atomic E-state index is 12.2. The summed E-state index contributed by atoms with van der Waals surface area (Å²) in [7, 11) is -1.68. The number of hydrogen-bond acceptors (Lipinski definition) is 3. The fourth-order valence-electron chi connectivity index (χ4n) is 7.06. The monoisotopic (exact) mass is 882 g/mol. The average Bonchev–Trinajstić information content (AvgIpc) is 3.40. The molecule has 0 amide bonds. The summed E-state index contributed by atoms with van der Waals surface area (Å²) >= 11 is 0. The van der Waals surface area contributed by atoms with E-state index in [2.05, 4.69) is 99.2 Å². The molecule has 0 aliphatic heterocycles. The Labute approximate surface area is 323 Å². The molecule has 0 fully saturated rings. The zero-order chi connectivity index (χ0) is 38.7. The summed E-state index contributed by atoms with van der Waals surface area (Å²) in [5.41, 5.74) is 6.18. The van der Waals surface area contributed by atoms with Crippen LogP contribution in [0.2, 0.25) is 19.6 Å². The number of benzene rings is 3. The van der Waals surface area contributed by atoms with Crippen molar-refractivity contribution in [3.8, 4) is 0 Å². The number of aliphatic hydroxyl groups is 1. The molecule has 3 heterocycles. The molecule has 0 spiro atoms. The van der Waals surface area contributed by atoms with E-state index in [9.17, 15) is 9.90 Å². The first kappa shape index (κ1) is 37.7. The molecule has 275 valence electrons. The molecule has 3 aromatic heterocycles. The molecule has 0 atom stereocenters. The van der Waals surface area contributed by atoms with Gasteiger partial charge in [0.25, 0.3) is 0 Å². The Balaban J connectivity index is 0.000000299. The van der Waals surface area contributed by atoms with Gasteiger partial charge in [0.1, 0.15) is 5.76 Å². The largest absolute Gasteiger partial charge is 0.512 e. The van der Waals surface area contributed by atoms with Crippen molar-refractivity contribution in [2.75, 3.05) is 0 Å². The van der Waals surface area contributed by atoms with E-state index in [0.29, 0.717) is 0 Å². The summed E-state index contributed by atoms with van der Waals surface area (Å²) in [6.45, 7) is 28.0.